The first-order chi connectivity index (χ1) is 9.59. The molecule has 1 aromatic rings. The predicted octanol–water partition coefficient (Wildman–Crippen LogP) is 2.69. The van der Waals surface area contributed by atoms with Crippen LogP contribution in [0.15, 0.2) is 30.3 Å². The van der Waals surface area contributed by atoms with Crippen LogP contribution < -0.4 is 5.32 Å². The molecule has 2 rings (SSSR count). The van der Waals surface area contributed by atoms with Crippen LogP contribution in [0.4, 0.5) is 5.69 Å². The summed E-state index contributed by atoms with van der Waals surface area (Å²) >= 11 is 0. The van der Waals surface area contributed by atoms with E-state index in [1.807, 2.05) is 37.3 Å². The Bertz CT molecular complexity index is 502. The molecular formula is C15H24N2O2S. The molecule has 0 radical (unpaired) electrons. The highest BCUT2D eigenvalue weighted by Gasteiger charge is 2.28. The third-order valence-corrected chi connectivity index (χ3v) is 5.84. The van der Waals surface area contributed by atoms with Gasteiger partial charge in [-0.15, -0.1) is 0 Å². The topological polar surface area (TPSA) is 49.4 Å². The lowest BCUT2D eigenvalue weighted by molar-refractivity contribution is 0.268. The summed E-state index contributed by atoms with van der Waals surface area (Å²) in [4.78, 5) is 0. The second-order valence-electron chi connectivity index (χ2n) is 5.42. The number of hydrogen-bond acceptors (Lipinski definition) is 3. The summed E-state index contributed by atoms with van der Waals surface area (Å²) in [5.41, 5.74) is 1.04. The second-order valence-corrected chi connectivity index (χ2v) is 7.46. The van der Waals surface area contributed by atoms with Crippen molar-refractivity contribution in [2.45, 2.75) is 38.6 Å². The summed E-state index contributed by atoms with van der Waals surface area (Å²) in [6.07, 6.45) is 3.76. The number of nitrogens with one attached hydrogen (secondary N) is 1. The van der Waals surface area contributed by atoms with Gasteiger partial charge in [-0.3, -0.25) is 0 Å². The van der Waals surface area contributed by atoms with E-state index in [9.17, 15) is 8.42 Å². The summed E-state index contributed by atoms with van der Waals surface area (Å²) in [7, 11) is -3.09. The quantitative estimate of drug-likeness (QED) is 0.821. The summed E-state index contributed by atoms with van der Waals surface area (Å²) in [6.45, 7) is 3.39. The van der Waals surface area contributed by atoms with Gasteiger partial charge in [-0.05, 0) is 38.3 Å². The third kappa shape index (κ3) is 4.21. The van der Waals surface area contributed by atoms with Gasteiger partial charge in [0.2, 0.25) is 10.0 Å². The zero-order valence-electron chi connectivity index (χ0n) is 12.1. The maximum atomic E-state index is 12.3. The van der Waals surface area contributed by atoms with E-state index in [1.54, 1.807) is 4.31 Å². The minimum atomic E-state index is -3.09. The number of anilines is 1. The van der Waals surface area contributed by atoms with Gasteiger partial charge < -0.3 is 5.32 Å². The van der Waals surface area contributed by atoms with Crippen LogP contribution in [-0.2, 0) is 10.0 Å². The molecule has 0 saturated carbocycles. The van der Waals surface area contributed by atoms with Crippen molar-refractivity contribution in [3.63, 3.8) is 0 Å². The average Bonchev–Trinajstić information content (AvgIpc) is 2.45. The SMILES string of the molecule is C[C@H]1CCCCN1S(=O)(=O)CCCNc1ccccc1. The van der Waals surface area contributed by atoms with Crippen LogP contribution in [0.5, 0.6) is 0 Å². The molecule has 0 unspecified atom stereocenters. The number of nitrogens with zero attached hydrogens (tertiary/aromatic N) is 1. The smallest absolute Gasteiger partial charge is 0.214 e. The van der Waals surface area contributed by atoms with E-state index in [0.717, 1.165) is 24.9 Å². The van der Waals surface area contributed by atoms with Gasteiger partial charge in [-0.1, -0.05) is 24.6 Å². The molecule has 0 amide bonds. The maximum absolute atomic E-state index is 12.3. The average molecular weight is 296 g/mol. The summed E-state index contributed by atoms with van der Waals surface area (Å²) < 4.78 is 26.3. The van der Waals surface area contributed by atoms with Crippen molar-refractivity contribution in [3.05, 3.63) is 30.3 Å². The number of hydrogen-bond donors (Lipinski definition) is 1. The zero-order valence-corrected chi connectivity index (χ0v) is 12.9. The van der Waals surface area contributed by atoms with E-state index in [1.165, 1.54) is 0 Å². The molecular weight excluding hydrogens is 272 g/mol. The number of piperidine rings is 1. The highest BCUT2D eigenvalue weighted by molar-refractivity contribution is 7.89. The summed E-state index contributed by atoms with van der Waals surface area (Å²) in [6, 6.07) is 10.0. The Morgan fingerprint density at radius 1 is 1.25 bits per heavy atom. The molecule has 1 aliphatic rings. The van der Waals surface area contributed by atoms with E-state index in [-0.39, 0.29) is 11.8 Å². The first-order valence-electron chi connectivity index (χ1n) is 7.38. The van der Waals surface area contributed by atoms with Gasteiger partial charge in [0.1, 0.15) is 0 Å². The van der Waals surface area contributed by atoms with Crippen molar-refractivity contribution >= 4 is 15.7 Å². The van der Waals surface area contributed by atoms with Gasteiger partial charge in [0.05, 0.1) is 5.75 Å². The Hall–Kier alpha value is -1.07. The van der Waals surface area contributed by atoms with Crippen LogP contribution in [0.3, 0.4) is 0 Å². The number of para-hydroxylation sites is 1. The van der Waals surface area contributed by atoms with Gasteiger partial charge >= 0.3 is 0 Å². The van der Waals surface area contributed by atoms with Crippen LogP contribution >= 0.6 is 0 Å². The second kappa shape index (κ2) is 7.09. The fourth-order valence-corrected chi connectivity index (χ4v) is 4.45. The largest absolute Gasteiger partial charge is 0.385 e. The van der Waals surface area contributed by atoms with Gasteiger partial charge in [0, 0.05) is 24.8 Å². The van der Waals surface area contributed by atoms with Gasteiger partial charge in [0.15, 0.2) is 0 Å². The molecule has 1 heterocycles. The van der Waals surface area contributed by atoms with E-state index >= 15 is 0 Å². The van der Waals surface area contributed by atoms with Crippen LogP contribution in [0.25, 0.3) is 0 Å². The highest BCUT2D eigenvalue weighted by Crippen LogP contribution is 2.20. The van der Waals surface area contributed by atoms with Crippen molar-refractivity contribution in [3.8, 4) is 0 Å². The van der Waals surface area contributed by atoms with Crippen LogP contribution in [-0.4, -0.2) is 37.6 Å². The first kappa shape index (κ1) is 15.3. The van der Waals surface area contributed by atoms with Crippen LogP contribution in [0.1, 0.15) is 32.6 Å². The van der Waals surface area contributed by atoms with Crippen LogP contribution in [0, 0.1) is 0 Å². The van der Waals surface area contributed by atoms with Crippen molar-refractivity contribution in [1.29, 1.82) is 0 Å². The molecule has 0 spiro atoms. The molecule has 1 fully saturated rings. The van der Waals surface area contributed by atoms with E-state index in [4.69, 9.17) is 0 Å². The molecule has 1 N–H and O–H groups in total. The standard InChI is InChI=1S/C15H24N2O2S/c1-14-8-5-6-12-17(14)20(18,19)13-7-11-16-15-9-3-2-4-10-15/h2-4,9-10,14,16H,5-8,11-13H2,1H3/t14-/m0/s1. The molecule has 20 heavy (non-hydrogen) atoms. The maximum Gasteiger partial charge on any atom is 0.214 e. The van der Waals surface area contributed by atoms with Gasteiger partial charge in [-0.2, -0.15) is 4.31 Å². The summed E-state index contributed by atoms with van der Waals surface area (Å²) in [5.74, 6) is 0.233. The number of benzene rings is 1. The molecule has 0 aliphatic carbocycles. The lowest BCUT2D eigenvalue weighted by Crippen LogP contribution is -2.43. The molecule has 0 bridgehead atoms. The van der Waals surface area contributed by atoms with E-state index < -0.39 is 10.0 Å². The van der Waals surface area contributed by atoms with Gasteiger partial charge in [0.25, 0.3) is 0 Å². The zero-order chi connectivity index (χ0) is 14.4. The Morgan fingerprint density at radius 3 is 2.70 bits per heavy atom. The van der Waals surface area contributed by atoms with Gasteiger partial charge in [-0.25, -0.2) is 8.42 Å². The van der Waals surface area contributed by atoms with Crippen molar-refractivity contribution in [2.75, 3.05) is 24.2 Å². The fourth-order valence-electron chi connectivity index (χ4n) is 2.65. The first-order valence-corrected chi connectivity index (χ1v) is 8.99. The summed E-state index contributed by atoms with van der Waals surface area (Å²) in [5, 5.41) is 3.25. The molecule has 1 aromatic carbocycles. The molecule has 4 nitrogen and oxygen atoms in total. The number of rotatable bonds is 6. The van der Waals surface area contributed by atoms with Crippen LogP contribution in [0.2, 0.25) is 0 Å². The Morgan fingerprint density at radius 2 is 2.00 bits per heavy atom. The normalized spacial score (nSPS) is 20.8. The highest BCUT2D eigenvalue weighted by atomic mass is 32.2. The Labute approximate surface area is 122 Å². The minimum Gasteiger partial charge on any atom is -0.385 e. The van der Waals surface area contributed by atoms with E-state index in [0.29, 0.717) is 19.5 Å². The molecule has 1 atom stereocenters. The monoisotopic (exact) mass is 296 g/mol. The Balaban J connectivity index is 1.77. The van der Waals surface area contributed by atoms with Crippen molar-refractivity contribution < 1.29 is 8.42 Å². The lowest BCUT2D eigenvalue weighted by atomic mass is 10.1. The Kier molecular flexibility index (Phi) is 5.43. The third-order valence-electron chi connectivity index (χ3n) is 3.78. The number of sulfonamides is 1. The molecule has 0 aromatic heterocycles. The van der Waals surface area contributed by atoms with Crippen molar-refractivity contribution in [1.82, 2.24) is 4.31 Å². The molecule has 1 saturated heterocycles. The van der Waals surface area contributed by atoms with Crippen molar-refractivity contribution in [2.24, 2.45) is 0 Å². The molecule has 1 aliphatic heterocycles. The molecule has 112 valence electrons. The predicted molar refractivity (Wildman–Crippen MR) is 83.4 cm³/mol. The molecule has 5 heteroatoms. The fraction of sp³-hybridized carbons (Fsp3) is 0.600. The lowest BCUT2D eigenvalue weighted by Gasteiger charge is -2.32. The minimum absolute atomic E-state index is 0.163. The van der Waals surface area contributed by atoms with E-state index in [2.05, 4.69) is 5.32 Å².